The molecule has 0 aromatic carbocycles. The highest BCUT2D eigenvalue weighted by Gasteiger charge is 1.96. The molecule has 2 nitrogen and oxygen atoms in total. The molecule has 0 aromatic rings. The maximum absolute atomic E-state index is 5.75. The lowest BCUT2D eigenvalue weighted by Gasteiger charge is -2.12. The molecule has 0 unspecified atom stereocenters. The predicted molar refractivity (Wildman–Crippen MR) is 87.1 cm³/mol. The Labute approximate surface area is 122 Å². The second-order valence-corrected chi connectivity index (χ2v) is 6.35. The van der Waals surface area contributed by atoms with E-state index in [2.05, 4.69) is 20.8 Å². The zero-order chi connectivity index (χ0) is 14.3. The second kappa shape index (κ2) is 14.3. The van der Waals surface area contributed by atoms with E-state index in [0.29, 0.717) is 0 Å². The van der Waals surface area contributed by atoms with Crippen LogP contribution >= 0.6 is 0 Å². The maximum atomic E-state index is 5.75. The van der Waals surface area contributed by atoms with Crippen LogP contribution in [-0.4, -0.2) is 18.1 Å². The van der Waals surface area contributed by atoms with Gasteiger partial charge in [0.25, 0.3) is 0 Å². The minimum Gasteiger partial charge on any atom is -0.269 e. The van der Waals surface area contributed by atoms with E-state index in [0.717, 1.165) is 19.0 Å². The van der Waals surface area contributed by atoms with E-state index in [1.807, 2.05) is 5.01 Å². The first-order valence-corrected chi connectivity index (χ1v) is 8.66. The van der Waals surface area contributed by atoms with Gasteiger partial charge in [-0.25, -0.2) is 5.01 Å². The van der Waals surface area contributed by atoms with Crippen LogP contribution in [0.2, 0.25) is 0 Å². The van der Waals surface area contributed by atoms with Gasteiger partial charge in [-0.1, -0.05) is 85.0 Å². The lowest BCUT2D eigenvalue weighted by molar-refractivity contribution is 0.290. The van der Waals surface area contributed by atoms with Crippen LogP contribution in [0.5, 0.6) is 0 Å². The van der Waals surface area contributed by atoms with Gasteiger partial charge in [0.1, 0.15) is 0 Å². The molecule has 0 saturated carbocycles. The lowest BCUT2D eigenvalue weighted by Crippen LogP contribution is -2.31. The topological polar surface area (TPSA) is 29.3 Å². The Morgan fingerprint density at radius 2 is 1.16 bits per heavy atom. The summed E-state index contributed by atoms with van der Waals surface area (Å²) in [5, 5.41) is 1.91. The molecule has 19 heavy (non-hydrogen) atoms. The van der Waals surface area contributed by atoms with E-state index in [9.17, 15) is 0 Å². The molecule has 2 N–H and O–H groups in total. The number of hydrogen-bond acceptors (Lipinski definition) is 2. The molecule has 2 heteroatoms. The van der Waals surface area contributed by atoms with Crippen LogP contribution in [0.3, 0.4) is 0 Å². The van der Waals surface area contributed by atoms with Crippen molar-refractivity contribution in [2.24, 2.45) is 11.8 Å². The molecule has 0 aromatic heterocycles. The Morgan fingerprint density at radius 1 is 0.737 bits per heavy atom. The summed E-state index contributed by atoms with van der Waals surface area (Å²) in [6, 6.07) is 0. The van der Waals surface area contributed by atoms with Gasteiger partial charge < -0.3 is 0 Å². The Kier molecular flexibility index (Phi) is 14.3. The van der Waals surface area contributed by atoms with Crippen LogP contribution in [-0.2, 0) is 0 Å². The zero-order valence-corrected chi connectivity index (χ0v) is 13.8. The van der Waals surface area contributed by atoms with E-state index in [1.54, 1.807) is 0 Å². The van der Waals surface area contributed by atoms with Crippen molar-refractivity contribution in [3.63, 3.8) is 0 Å². The maximum Gasteiger partial charge on any atom is 0.0128 e. The molecule has 0 bridgehead atoms. The Hall–Kier alpha value is -0.0800. The van der Waals surface area contributed by atoms with Gasteiger partial charge in [-0.2, -0.15) is 0 Å². The van der Waals surface area contributed by atoms with Crippen molar-refractivity contribution in [3.8, 4) is 0 Å². The fourth-order valence-electron chi connectivity index (χ4n) is 2.44. The van der Waals surface area contributed by atoms with Crippen LogP contribution in [0.4, 0.5) is 0 Å². The first kappa shape index (κ1) is 18.9. The summed E-state index contributed by atoms with van der Waals surface area (Å²) in [5.74, 6) is 6.63. The number of nitrogens with zero attached hydrogens (tertiary/aromatic N) is 1. The normalized spacial score (nSPS) is 11.7. The monoisotopic (exact) mass is 270 g/mol. The summed E-state index contributed by atoms with van der Waals surface area (Å²) >= 11 is 0. The highest BCUT2D eigenvalue weighted by atomic mass is 15.4. The molecule has 0 aliphatic rings. The molecule has 0 aliphatic carbocycles. The minimum absolute atomic E-state index is 0.886. The number of rotatable bonds is 14. The molecule has 0 amide bonds. The van der Waals surface area contributed by atoms with Crippen LogP contribution in [0.15, 0.2) is 0 Å². The Bertz CT molecular complexity index is 169. The van der Waals surface area contributed by atoms with Crippen molar-refractivity contribution >= 4 is 0 Å². The van der Waals surface area contributed by atoms with E-state index in [-0.39, 0.29) is 0 Å². The van der Waals surface area contributed by atoms with Crippen molar-refractivity contribution in [2.45, 2.75) is 91.4 Å². The molecule has 0 aliphatic heterocycles. The second-order valence-electron chi connectivity index (χ2n) is 6.35. The van der Waals surface area contributed by atoms with Gasteiger partial charge in [-0.05, 0) is 12.3 Å². The minimum atomic E-state index is 0.886. The highest BCUT2D eigenvalue weighted by molar-refractivity contribution is 4.51. The van der Waals surface area contributed by atoms with Crippen molar-refractivity contribution in [3.05, 3.63) is 0 Å². The number of hydrazine groups is 1. The van der Waals surface area contributed by atoms with Crippen molar-refractivity contribution in [1.82, 2.24) is 5.01 Å². The number of unbranched alkanes of at least 4 members (excludes halogenated alkanes) is 9. The molecule has 0 saturated heterocycles. The summed E-state index contributed by atoms with van der Waals surface area (Å²) in [6.45, 7) is 8.79. The molecule has 0 fully saturated rings. The molecule has 0 rings (SSSR count). The third-order valence-corrected chi connectivity index (χ3v) is 3.88. The quantitative estimate of drug-likeness (QED) is 0.269. The molecule has 0 radical (unpaired) electrons. The standard InChI is InChI=1S/C17H38N2/c1-4-19(18)16-14-12-10-8-6-5-7-9-11-13-15-17(2)3/h17H,4-16,18H2,1-3H3. The predicted octanol–water partition coefficient (Wildman–Crippen LogP) is 5.13. The van der Waals surface area contributed by atoms with Gasteiger partial charge in [0.05, 0.1) is 0 Å². The summed E-state index contributed by atoms with van der Waals surface area (Å²) in [4.78, 5) is 0. The van der Waals surface area contributed by atoms with Crippen molar-refractivity contribution < 1.29 is 0 Å². The fraction of sp³-hybridized carbons (Fsp3) is 1.00. The van der Waals surface area contributed by atoms with E-state index < -0.39 is 0 Å². The molecule has 0 atom stereocenters. The number of hydrogen-bond donors (Lipinski definition) is 1. The van der Waals surface area contributed by atoms with E-state index >= 15 is 0 Å². The van der Waals surface area contributed by atoms with Crippen LogP contribution < -0.4 is 5.84 Å². The lowest BCUT2D eigenvalue weighted by atomic mass is 10.0. The van der Waals surface area contributed by atoms with Gasteiger partial charge in [-0.3, -0.25) is 5.84 Å². The van der Waals surface area contributed by atoms with Crippen LogP contribution in [0, 0.1) is 5.92 Å². The van der Waals surface area contributed by atoms with Crippen LogP contribution in [0.25, 0.3) is 0 Å². The van der Waals surface area contributed by atoms with Gasteiger partial charge in [-0.15, -0.1) is 0 Å². The smallest absolute Gasteiger partial charge is 0.0128 e. The van der Waals surface area contributed by atoms with E-state index in [4.69, 9.17) is 5.84 Å². The zero-order valence-electron chi connectivity index (χ0n) is 13.8. The fourth-order valence-corrected chi connectivity index (χ4v) is 2.44. The Balaban J connectivity index is 2.99. The third-order valence-electron chi connectivity index (χ3n) is 3.88. The van der Waals surface area contributed by atoms with Gasteiger partial charge in [0, 0.05) is 13.1 Å². The first-order chi connectivity index (χ1) is 9.16. The van der Waals surface area contributed by atoms with Crippen molar-refractivity contribution in [1.29, 1.82) is 0 Å². The third kappa shape index (κ3) is 15.9. The van der Waals surface area contributed by atoms with Gasteiger partial charge >= 0.3 is 0 Å². The summed E-state index contributed by atoms with van der Waals surface area (Å²) in [5.41, 5.74) is 0. The van der Waals surface area contributed by atoms with Gasteiger partial charge in [0.15, 0.2) is 0 Å². The average molecular weight is 271 g/mol. The Morgan fingerprint density at radius 3 is 1.58 bits per heavy atom. The summed E-state index contributed by atoms with van der Waals surface area (Å²) < 4.78 is 0. The molecule has 116 valence electrons. The molecular weight excluding hydrogens is 232 g/mol. The molecule has 0 spiro atoms. The summed E-state index contributed by atoms with van der Waals surface area (Å²) in [7, 11) is 0. The first-order valence-electron chi connectivity index (χ1n) is 8.66. The van der Waals surface area contributed by atoms with Crippen molar-refractivity contribution in [2.75, 3.05) is 13.1 Å². The SMILES string of the molecule is CCN(N)CCCCCCCCCCCCC(C)C. The van der Waals surface area contributed by atoms with E-state index in [1.165, 1.54) is 70.6 Å². The highest BCUT2D eigenvalue weighted by Crippen LogP contribution is 2.13. The largest absolute Gasteiger partial charge is 0.269 e. The van der Waals surface area contributed by atoms with Crippen LogP contribution in [0.1, 0.15) is 91.4 Å². The molecular formula is C17H38N2. The molecule has 0 heterocycles. The van der Waals surface area contributed by atoms with Gasteiger partial charge in [0.2, 0.25) is 0 Å². The summed E-state index contributed by atoms with van der Waals surface area (Å²) in [6.07, 6.45) is 15.5. The number of nitrogens with two attached hydrogens (primary N) is 1. The average Bonchev–Trinajstić information content (AvgIpc) is 2.39.